The van der Waals surface area contributed by atoms with E-state index in [1.807, 2.05) is 0 Å². The predicted octanol–water partition coefficient (Wildman–Crippen LogP) is 4.37. The van der Waals surface area contributed by atoms with Gasteiger partial charge in [-0.25, -0.2) is 0 Å². The number of benzene rings is 1. The van der Waals surface area contributed by atoms with Crippen molar-refractivity contribution in [1.82, 2.24) is 9.80 Å². The molecule has 138 valence electrons. The normalized spacial score (nSPS) is 22.0. The second kappa shape index (κ2) is 8.36. The van der Waals surface area contributed by atoms with Crippen LogP contribution in [0.2, 0.25) is 0 Å². The molecule has 0 spiro atoms. The van der Waals surface area contributed by atoms with Crippen LogP contribution in [0.3, 0.4) is 0 Å². The molecule has 1 aromatic carbocycles. The largest absolute Gasteiger partial charge is 0.342 e. The Morgan fingerprint density at radius 2 is 1.85 bits per heavy atom. The molecule has 2 aliphatic rings. The molecule has 0 N–H and O–H groups in total. The molecule has 26 heavy (non-hydrogen) atoms. The van der Waals surface area contributed by atoms with Crippen molar-refractivity contribution < 1.29 is 4.79 Å². The number of likely N-dealkylation sites (tertiary alicyclic amines) is 2. The van der Waals surface area contributed by atoms with Crippen molar-refractivity contribution in [3.63, 3.8) is 0 Å². The van der Waals surface area contributed by atoms with Crippen LogP contribution in [0.4, 0.5) is 0 Å². The summed E-state index contributed by atoms with van der Waals surface area (Å²) in [7, 11) is 0. The Bertz CT molecular complexity index is 692. The fourth-order valence-corrected chi connectivity index (χ4v) is 5.17. The summed E-state index contributed by atoms with van der Waals surface area (Å²) in [5, 5.41) is 4.38. The summed E-state index contributed by atoms with van der Waals surface area (Å²) in [6.07, 6.45) is 5.80. The van der Waals surface area contributed by atoms with Gasteiger partial charge in [-0.2, -0.15) is 11.3 Å². The second-order valence-corrected chi connectivity index (χ2v) is 8.48. The molecule has 0 saturated carbocycles. The average molecular weight is 369 g/mol. The molecule has 1 amide bonds. The van der Waals surface area contributed by atoms with E-state index in [1.54, 1.807) is 11.3 Å². The van der Waals surface area contributed by atoms with Crippen molar-refractivity contribution in [2.45, 2.75) is 38.1 Å². The van der Waals surface area contributed by atoms with Crippen LogP contribution in [-0.4, -0.2) is 41.9 Å². The van der Waals surface area contributed by atoms with Gasteiger partial charge in [0.1, 0.15) is 0 Å². The molecule has 2 aliphatic heterocycles. The van der Waals surface area contributed by atoms with Crippen LogP contribution in [-0.2, 0) is 11.2 Å². The van der Waals surface area contributed by atoms with E-state index in [0.29, 0.717) is 24.4 Å². The zero-order valence-corrected chi connectivity index (χ0v) is 16.2. The molecule has 0 radical (unpaired) electrons. The van der Waals surface area contributed by atoms with Gasteiger partial charge in [0.05, 0.1) is 6.54 Å². The number of piperidine rings is 1. The predicted molar refractivity (Wildman–Crippen MR) is 107 cm³/mol. The van der Waals surface area contributed by atoms with Gasteiger partial charge >= 0.3 is 0 Å². The van der Waals surface area contributed by atoms with Crippen molar-refractivity contribution in [3.05, 3.63) is 58.3 Å². The van der Waals surface area contributed by atoms with E-state index in [0.717, 1.165) is 38.9 Å². The van der Waals surface area contributed by atoms with Crippen LogP contribution in [0.25, 0.3) is 0 Å². The summed E-state index contributed by atoms with van der Waals surface area (Å²) < 4.78 is 0. The van der Waals surface area contributed by atoms with Gasteiger partial charge in [0, 0.05) is 19.1 Å². The van der Waals surface area contributed by atoms with E-state index in [2.05, 4.69) is 57.0 Å². The number of thiophene rings is 1. The van der Waals surface area contributed by atoms with Crippen molar-refractivity contribution in [3.8, 4) is 0 Å². The molecule has 2 saturated heterocycles. The number of hydrogen-bond donors (Lipinski definition) is 0. The molecule has 0 aliphatic carbocycles. The first-order valence-corrected chi connectivity index (χ1v) is 10.8. The second-order valence-electron chi connectivity index (χ2n) is 7.70. The van der Waals surface area contributed by atoms with Crippen LogP contribution in [0.5, 0.6) is 0 Å². The van der Waals surface area contributed by atoms with Gasteiger partial charge in [-0.05, 0) is 72.5 Å². The van der Waals surface area contributed by atoms with E-state index in [9.17, 15) is 4.79 Å². The van der Waals surface area contributed by atoms with Gasteiger partial charge in [-0.1, -0.05) is 30.3 Å². The Kier molecular flexibility index (Phi) is 5.71. The molecule has 3 heterocycles. The monoisotopic (exact) mass is 368 g/mol. The third-order valence-corrected chi connectivity index (χ3v) is 6.67. The molecule has 4 heteroatoms. The standard InChI is InChI=1S/C22H28N2OS/c25-22(16-24-11-4-7-21(24)20-10-14-26-17-20)23-12-8-19(9-13-23)15-18-5-2-1-3-6-18/h1-3,5-6,10,14,17,19,21H,4,7-9,11-13,15-16H2. The maximum absolute atomic E-state index is 12.8. The number of hydrogen-bond acceptors (Lipinski definition) is 3. The molecular formula is C22H28N2OS. The van der Waals surface area contributed by atoms with E-state index < -0.39 is 0 Å². The Morgan fingerprint density at radius 3 is 2.58 bits per heavy atom. The van der Waals surface area contributed by atoms with E-state index in [4.69, 9.17) is 0 Å². The minimum atomic E-state index is 0.324. The molecular weight excluding hydrogens is 340 g/mol. The fourth-order valence-electron chi connectivity index (χ4n) is 4.47. The third kappa shape index (κ3) is 4.18. The van der Waals surface area contributed by atoms with Gasteiger partial charge < -0.3 is 4.90 Å². The highest BCUT2D eigenvalue weighted by Gasteiger charge is 2.30. The maximum atomic E-state index is 12.8. The summed E-state index contributed by atoms with van der Waals surface area (Å²) in [6, 6.07) is 13.4. The average Bonchev–Trinajstić information content (AvgIpc) is 3.34. The number of carbonyl (C=O) groups is 1. The molecule has 2 fully saturated rings. The van der Waals surface area contributed by atoms with Crippen LogP contribution in [0.1, 0.15) is 42.9 Å². The zero-order chi connectivity index (χ0) is 17.8. The highest BCUT2D eigenvalue weighted by Crippen LogP contribution is 2.33. The number of nitrogens with zero attached hydrogens (tertiary/aromatic N) is 2. The lowest BCUT2D eigenvalue weighted by Crippen LogP contribution is -2.44. The molecule has 1 aromatic heterocycles. The molecule has 1 unspecified atom stereocenters. The molecule has 0 bridgehead atoms. The van der Waals surface area contributed by atoms with Crippen molar-refractivity contribution in [2.24, 2.45) is 5.92 Å². The highest BCUT2D eigenvalue weighted by molar-refractivity contribution is 7.07. The first-order chi connectivity index (χ1) is 12.8. The van der Waals surface area contributed by atoms with Crippen molar-refractivity contribution in [1.29, 1.82) is 0 Å². The maximum Gasteiger partial charge on any atom is 0.236 e. The van der Waals surface area contributed by atoms with Gasteiger partial charge in [-0.15, -0.1) is 0 Å². The van der Waals surface area contributed by atoms with Crippen LogP contribution in [0.15, 0.2) is 47.2 Å². The van der Waals surface area contributed by atoms with Gasteiger partial charge in [0.25, 0.3) is 0 Å². The Balaban J connectivity index is 1.27. The molecule has 4 rings (SSSR count). The van der Waals surface area contributed by atoms with Gasteiger partial charge in [0.2, 0.25) is 5.91 Å². The first-order valence-electron chi connectivity index (χ1n) is 9.87. The number of amides is 1. The minimum absolute atomic E-state index is 0.324. The van der Waals surface area contributed by atoms with Crippen LogP contribution >= 0.6 is 11.3 Å². The van der Waals surface area contributed by atoms with E-state index in [1.165, 1.54) is 24.0 Å². The van der Waals surface area contributed by atoms with Crippen molar-refractivity contribution in [2.75, 3.05) is 26.2 Å². The lowest BCUT2D eigenvalue weighted by atomic mass is 9.90. The smallest absolute Gasteiger partial charge is 0.236 e. The Morgan fingerprint density at radius 1 is 1.04 bits per heavy atom. The van der Waals surface area contributed by atoms with E-state index >= 15 is 0 Å². The lowest BCUT2D eigenvalue weighted by molar-refractivity contribution is -0.134. The Labute approximate surface area is 160 Å². The number of carbonyl (C=O) groups excluding carboxylic acids is 1. The minimum Gasteiger partial charge on any atom is -0.342 e. The zero-order valence-electron chi connectivity index (χ0n) is 15.3. The topological polar surface area (TPSA) is 23.6 Å². The lowest BCUT2D eigenvalue weighted by Gasteiger charge is -2.34. The van der Waals surface area contributed by atoms with Gasteiger partial charge in [0.15, 0.2) is 0 Å². The SMILES string of the molecule is O=C(CN1CCCC1c1ccsc1)N1CCC(Cc2ccccc2)CC1. The summed E-state index contributed by atoms with van der Waals surface area (Å²) in [6.45, 7) is 3.49. The summed E-state index contributed by atoms with van der Waals surface area (Å²) >= 11 is 1.75. The molecule has 3 nitrogen and oxygen atoms in total. The molecule has 1 atom stereocenters. The first kappa shape index (κ1) is 17.7. The molecule has 2 aromatic rings. The highest BCUT2D eigenvalue weighted by atomic mass is 32.1. The number of rotatable bonds is 5. The summed E-state index contributed by atoms with van der Waals surface area (Å²) in [4.78, 5) is 17.3. The fraction of sp³-hybridized carbons (Fsp3) is 0.500. The van der Waals surface area contributed by atoms with Crippen molar-refractivity contribution >= 4 is 17.2 Å². The van der Waals surface area contributed by atoms with Crippen LogP contribution in [0, 0.1) is 5.92 Å². The quantitative estimate of drug-likeness (QED) is 0.782. The van der Waals surface area contributed by atoms with Gasteiger partial charge in [-0.3, -0.25) is 9.69 Å². The van der Waals surface area contributed by atoms with E-state index in [-0.39, 0.29) is 0 Å². The third-order valence-electron chi connectivity index (χ3n) is 5.96. The summed E-state index contributed by atoms with van der Waals surface area (Å²) in [5.41, 5.74) is 2.81. The van der Waals surface area contributed by atoms with Crippen LogP contribution < -0.4 is 0 Å². The summed E-state index contributed by atoms with van der Waals surface area (Å²) in [5.74, 6) is 1.04. The Hall–Kier alpha value is -1.65.